The smallest absolute Gasteiger partial charge is 0.270 e. The van der Waals surface area contributed by atoms with Crippen LogP contribution in [0.1, 0.15) is 24.0 Å². The number of aliphatic hydroxyl groups excluding tert-OH is 1. The minimum absolute atomic E-state index is 0.0839. The molecular formula is C23H23N3O3. The summed E-state index contributed by atoms with van der Waals surface area (Å²) in [4.78, 5) is 13.2. The van der Waals surface area contributed by atoms with Gasteiger partial charge in [0, 0.05) is 60.1 Å². The van der Waals surface area contributed by atoms with Crippen LogP contribution in [0.25, 0.3) is 17.0 Å². The fourth-order valence-corrected chi connectivity index (χ4v) is 4.69. The first-order valence-electron chi connectivity index (χ1n) is 10.1. The molecule has 0 amide bonds. The Kier molecular flexibility index (Phi) is 4.36. The minimum Gasteiger partial charge on any atom is -0.387 e. The number of fused-ring (bicyclic) bond motifs is 4. The van der Waals surface area contributed by atoms with Crippen LogP contribution < -0.4 is 0 Å². The molecule has 1 aromatic heterocycles. The van der Waals surface area contributed by atoms with Gasteiger partial charge in [-0.3, -0.25) is 10.1 Å². The van der Waals surface area contributed by atoms with E-state index < -0.39 is 6.10 Å². The largest absolute Gasteiger partial charge is 0.387 e. The summed E-state index contributed by atoms with van der Waals surface area (Å²) in [6.07, 6.45) is 5.68. The first-order valence-corrected chi connectivity index (χ1v) is 10.1. The minimum atomic E-state index is -0.455. The lowest BCUT2D eigenvalue weighted by molar-refractivity contribution is -0.384. The Morgan fingerprint density at radius 2 is 1.90 bits per heavy atom. The Balaban J connectivity index is 1.62. The number of nitrogens with zero attached hydrogens (tertiary/aromatic N) is 3. The van der Waals surface area contributed by atoms with Crippen LogP contribution in [-0.4, -0.2) is 38.7 Å². The fourth-order valence-electron chi connectivity index (χ4n) is 4.69. The molecule has 148 valence electrons. The van der Waals surface area contributed by atoms with Crippen LogP contribution in [0.5, 0.6) is 0 Å². The third-order valence-corrected chi connectivity index (χ3v) is 6.26. The standard InChI is InChI=1S/C23H23N3O3/c27-23-17-8-10-24(11-9-17)22(23)12-18-15-25(14-16-4-2-1-3-5-16)21-7-6-19(26(28)29)13-20(18)21/h1-7,12-13,15,17,23,27H,8-11,14H2/b22-12-. The molecule has 2 aromatic carbocycles. The molecule has 3 aliphatic rings. The van der Waals surface area contributed by atoms with Crippen molar-refractivity contribution in [1.29, 1.82) is 0 Å². The maximum Gasteiger partial charge on any atom is 0.270 e. The zero-order valence-electron chi connectivity index (χ0n) is 16.1. The van der Waals surface area contributed by atoms with E-state index in [-0.39, 0.29) is 10.6 Å². The molecule has 1 unspecified atom stereocenters. The van der Waals surface area contributed by atoms with E-state index in [1.54, 1.807) is 12.1 Å². The molecule has 3 aliphatic heterocycles. The highest BCUT2D eigenvalue weighted by Crippen LogP contribution is 2.37. The van der Waals surface area contributed by atoms with Crippen molar-refractivity contribution in [3.63, 3.8) is 0 Å². The molecule has 29 heavy (non-hydrogen) atoms. The van der Waals surface area contributed by atoms with Crippen LogP contribution in [0.2, 0.25) is 0 Å². The average molecular weight is 389 g/mol. The molecule has 3 fully saturated rings. The van der Waals surface area contributed by atoms with Crippen LogP contribution in [-0.2, 0) is 6.54 Å². The van der Waals surface area contributed by atoms with E-state index in [9.17, 15) is 15.2 Å². The topological polar surface area (TPSA) is 71.5 Å². The number of hydrogen-bond donors (Lipinski definition) is 1. The van der Waals surface area contributed by atoms with Crippen LogP contribution in [0.4, 0.5) is 5.69 Å². The van der Waals surface area contributed by atoms with Gasteiger partial charge in [0.1, 0.15) is 0 Å². The van der Waals surface area contributed by atoms with Gasteiger partial charge >= 0.3 is 0 Å². The van der Waals surface area contributed by atoms with Crippen LogP contribution in [0.3, 0.4) is 0 Å². The van der Waals surface area contributed by atoms with E-state index >= 15 is 0 Å². The second-order valence-electron chi connectivity index (χ2n) is 8.00. The van der Waals surface area contributed by atoms with Crippen molar-refractivity contribution >= 4 is 22.7 Å². The number of rotatable bonds is 4. The SMILES string of the molecule is O=[N+]([O-])c1ccc2c(c1)c(/C=C1/C(O)C3CCN1CC3)cn2Cc1ccccc1. The Hall–Kier alpha value is -3.12. The zero-order valence-corrected chi connectivity index (χ0v) is 16.1. The summed E-state index contributed by atoms with van der Waals surface area (Å²) in [5.74, 6) is 0.318. The molecule has 2 bridgehead atoms. The second kappa shape index (κ2) is 7.04. The summed E-state index contributed by atoms with van der Waals surface area (Å²) in [7, 11) is 0. The molecule has 1 atom stereocenters. The molecule has 6 rings (SSSR count). The summed E-state index contributed by atoms with van der Waals surface area (Å²) < 4.78 is 2.13. The van der Waals surface area contributed by atoms with Gasteiger partial charge in [-0.1, -0.05) is 30.3 Å². The second-order valence-corrected chi connectivity index (χ2v) is 8.00. The molecule has 6 heteroatoms. The number of non-ortho nitro benzene ring substituents is 1. The van der Waals surface area contributed by atoms with Gasteiger partial charge in [0.2, 0.25) is 0 Å². The molecule has 1 N–H and O–H groups in total. The van der Waals surface area contributed by atoms with Gasteiger partial charge in [-0.15, -0.1) is 0 Å². The van der Waals surface area contributed by atoms with E-state index in [1.165, 1.54) is 5.56 Å². The molecular weight excluding hydrogens is 366 g/mol. The van der Waals surface area contributed by atoms with Crippen molar-refractivity contribution in [2.45, 2.75) is 25.5 Å². The van der Waals surface area contributed by atoms with Crippen molar-refractivity contribution < 1.29 is 10.0 Å². The van der Waals surface area contributed by atoms with E-state index in [4.69, 9.17) is 0 Å². The molecule has 3 aromatic rings. The van der Waals surface area contributed by atoms with Crippen LogP contribution in [0, 0.1) is 16.0 Å². The highest BCUT2D eigenvalue weighted by Gasteiger charge is 2.36. The Bertz CT molecular complexity index is 1090. The van der Waals surface area contributed by atoms with Gasteiger partial charge in [-0.25, -0.2) is 0 Å². The van der Waals surface area contributed by atoms with Gasteiger partial charge in [0.15, 0.2) is 0 Å². The number of nitro groups is 1. The van der Waals surface area contributed by atoms with Gasteiger partial charge in [0.05, 0.1) is 11.0 Å². The molecule has 0 aliphatic carbocycles. The predicted octanol–water partition coefficient (Wildman–Crippen LogP) is 4.03. The number of nitro benzene ring substituents is 1. The number of aromatic nitrogens is 1. The van der Waals surface area contributed by atoms with E-state index in [0.717, 1.165) is 48.1 Å². The zero-order chi connectivity index (χ0) is 20.0. The van der Waals surface area contributed by atoms with Crippen LogP contribution in [0.15, 0.2) is 60.4 Å². The van der Waals surface area contributed by atoms with Gasteiger partial charge < -0.3 is 14.6 Å². The maximum atomic E-state index is 11.3. The van der Waals surface area contributed by atoms with Gasteiger partial charge in [0.25, 0.3) is 5.69 Å². The van der Waals surface area contributed by atoms with E-state index in [0.29, 0.717) is 12.5 Å². The molecule has 0 spiro atoms. The van der Waals surface area contributed by atoms with Crippen molar-refractivity contribution in [1.82, 2.24) is 9.47 Å². The van der Waals surface area contributed by atoms with Gasteiger partial charge in [-0.2, -0.15) is 0 Å². The lowest BCUT2D eigenvalue weighted by atomic mass is 9.83. The molecule has 6 nitrogen and oxygen atoms in total. The highest BCUT2D eigenvalue weighted by atomic mass is 16.6. The van der Waals surface area contributed by atoms with Crippen molar-refractivity contribution in [2.24, 2.45) is 5.92 Å². The van der Waals surface area contributed by atoms with Gasteiger partial charge in [-0.05, 0) is 36.5 Å². The Morgan fingerprint density at radius 1 is 1.14 bits per heavy atom. The summed E-state index contributed by atoms with van der Waals surface area (Å²) in [6.45, 7) is 2.62. The predicted molar refractivity (Wildman–Crippen MR) is 112 cm³/mol. The molecule has 0 saturated carbocycles. The summed E-state index contributed by atoms with van der Waals surface area (Å²) in [5, 5.41) is 22.9. The van der Waals surface area contributed by atoms with Crippen molar-refractivity contribution in [2.75, 3.05) is 13.1 Å². The highest BCUT2D eigenvalue weighted by molar-refractivity contribution is 5.91. The van der Waals surface area contributed by atoms with Crippen LogP contribution >= 0.6 is 0 Å². The number of benzene rings is 2. The van der Waals surface area contributed by atoms with E-state index in [2.05, 4.69) is 21.6 Å². The summed E-state index contributed by atoms with van der Waals surface area (Å²) >= 11 is 0. The number of hydrogen-bond acceptors (Lipinski definition) is 4. The third-order valence-electron chi connectivity index (χ3n) is 6.26. The van der Waals surface area contributed by atoms with Crippen molar-refractivity contribution in [3.8, 4) is 0 Å². The number of piperidine rings is 3. The lowest BCUT2D eigenvalue weighted by Crippen LogP contribution is -2.48. The molecule has 0 radical (unpaired) electrons. The normalized spacial score (nSPS) is 22.5. The fraction of sp³-hybridized carbons (Fsp3) is 0.304. The molecule has 4 heterocycles. The number of aliphatic hydroxyl groups is 1. The monoisotopic (exact) mass is 389 g/mol. The van der Waals surface area contributed by atoms with Crippen molar-refractivity contribution in [3.05, 3.63) is 81.7 Å². The average Bonchev–Trinajstić information content (AvgIpc) is 3.08. The maximum absolute atomic E-state index is 11.3. The summed E-state index contributed by atoms with van der Waals surface area (Å²) in [6, 6.07) is 15.2. The Labute approximate surface area is 168 Å². The third kappa shape index (κ3) is 3.19. The quantitative estimate of drug-likeness (QED) is 0.540. The lowest BCUT2D eigenvalue weighted by Gasteiger charge is -2.45. The first-order chi connectivity index (χ1) is 14.1. The Morgan fingerprint density at radius 3 is 2.59 bits per heavy atom. The first kappa shape index (κ1) is 17.9. The van der Waals surface area contributed by atoms with E-state index in [1.807, 2.05) is 36.5 Å². The molecule has 3 saturated heterocycles. The summed E-state index contributed by atoms with van der Waals surface area (Å²) in [5.41, 5.74) is 4.07.